The first-order valence-corrected chi connectivity index (χ1v) is 2.65. The number of rotatable bonds is 0. The third-order valence-electron chi connectivity index (χ3n) is 1.91. The monoisotopic (exact) mass is 100 g/mol. The molecule has 0 aromatic heterocycles. The van der Waals surface area contributed by atoms with Gasteiger partial charge in [-0.15, -0.1) is 0 Å². The molecule has 1 aliphatic carbocycles. The number of fused-ring (bicyclic) bond motifs is 1. The van der Waals surface area contributed by atoms with E-state index in [1.807, 2.05) is 0 Å². The molecular formula is C5H8O2. The summed E-state index contributed by atoms with van der Waals surface area (Å²) in [6.45, 7) is 1.59. The molecule has 1 saturated carbocycles. The maximum Gasteiger partial charge on any atom is 0.0649 e. The van der Waals surface area contributed by atoms with Crippen molar-refractivity contribution in [3.8, 4) is 0 Å². The van der Waals surface area contributed by atoms with E-state index in [1.54, 1.807) is 0 Å². The van der Waals surface area contributed by atoms with E-state index in [0.29, 0.717) is 11.8 Å². The Bertz CT molecular complexity index is 82.1. The average Bonchev–Trinajstić information content (AvgIpc) is 2.26. The van der Waals surface area contributed by atoms with Crippen molar-refractivity contribution < 1.29 is 9.84 Å². The Kier molecular flexibility index (Phi) is 0.557. The van der Waals surface area contributed by atoms with E-state index in [2.05, 4.69) is 0 Å². The van der Waals surface area contributed by atoms with Crippen molar-refractivity contribution in [3.63, 3.8) is 0 Å². The van der Waals surface area contributed by atoms with Crippen LogP contribution < -0.4 is 0 Å². The van der Waals surface area contributed by atoms with Crippen LogP contribution in [-0.2, 0) is 4.74 Å². The molecule has 2 aliphatic rings. The Labute approximate surface area is 42.1 Å². The zero-order valence-electron chi connectivity index (χ0n) is 4.00. The van der Waals surface area contributed by atoms with E-state index in [9.17, 15) is 0 Å². The first-order chi connectivity index (χ1) is 3.39. The maximum absolute atomic E-state index is 8.87. The van der Waals surface area contributed by atoms with Gasteiger partial charge < -0.3 is 9.84 Å². The number of aliphatic hydroxyl groups is 1. The Morgan fingerprint density at radius 2 is 1.86 bits per heavy atom. The lowest BCUT2D eigenvalue weighted by molar-refractivity contribution is 0.110. The van der Waals surface area contributed by atoms with Gasteiger partial charge >= 0.3 is 0 Å². The van der Waals surface area contributed by atoms with Crippen molar-refractivity contribution in [2.45, 2.75) is 6.10 Å². The summed E-state index contributed by atoms with van der Waals surface area (Å²) in [6.07, 6.45) is -0.00579. The summed E-state index contributed by atoms with van der Waals surface area (Å²) >= 11 is 0. The molecule has 7 heavy (non-hydrogen) atoms. The van der Waals surface area contributed by atoms with Gasteiger partial charge in [0.1, 0.15) is 0 Å². The van der Waals surface area contributed by atoms with Crippen LogP contribution in [0.25, 0.3) is 0 Å². The standard InChI is InChI=1S/C5H8O2/c6-5-3-1-7-2-4(3)5/h3-6H,1-2H2. The van der Waals surface area contributed by atoms with Crippen molar-refractivity contribution in [1.82, 2.24) is 0 Å². The minimum Gasteiger partial charge on any atom is -0.392 e. The molecule has 0 amide bonds. The van der Waals surface area contributed by atoms with Crippen LogP contribution in [0.1, 0.15) is 0 Å². The van der Waals surface area contributed by atoms with Crippen molar-refractivity contribution in [2.24, 2.45) is 11.8 Å². The van der Waals surface area contributed by atoms with Gasteiger partial charge in [-0.3, -0.25) is 0 Å². The highest BCUT2D eigenvalue weighted by Crippen LogP contribution is 2.43. The molecule has 2 unspecified atom stereocenters. The van der Waals surface area contributed by atoms with Gasteiger partial charge in [-0.2, -0.15) is 0 Å². The molecule has 2 rings (SSSR count). The van der Waals surface area contributed by atoms with Crippen LogP contribution >= 0.6 is 0 Å². The van der Waals surface area contributed by atoms with Crippen LogP contribution in [0.5, 0.6) is 0 Å². The highest BCUT2D eigenvalue weighted by atomic mass is 16.5. The van der Waals surface area contributed by atoms with Crippen LogP contribution in [0, 0.1) is 11.8 Å². The molecule has 0 bridgehead atoms. The quantitative estimate of drug-likeness (QED) is 0.449. The summed E-state index contributed by atoms with van der Waals surface area (Å²) in [6, 6.07) is 0. The van der Waals surface area contributed by atoms with E-state index in [-0.39, 0.29) is 6.10 Å². The van der Waals surface area contributed by atoms with Crippen LogP contribution in [0.2, 0.25) is 0 Å². The summed E-state index contributed by atoms with van der Waals surface area (Å²) in [7, 11) is 0. The largest absolute Gasteiger partial charge is 0.392 e. The van der Waals surface area contributed by atoms with Crippen molar-refractivity contribution in [1.29, 1.82) is 0 Å². The minimum atomic E-state index is -0.00579. The third-order valence-corrected chi connectivity index (χ3v) is 1.91. The second kappa shape index (κ2) is 1.01. The number of aliphatic hydroxyl groups excluding tert-OH is 1. The highest BCUT2D eigenvalue weighted by Gasteiger charge is 2.53. The lowest BCUT2D eigenvalue weighted by Crippen LogP contribution is -1.99. The molecular weight excluding hydrogens is 92.1 g/mol. The molecule has 0 aromatic rings. The Balaban J connectivity index is 2.06. The molecule has 0 aromatic carbocycles. The van der Waals surface area contributed by atoms with Crippen LogP contribution in [0.15, 0.2) is 0 Å². The fraction of sp³-hybridized carbons (Fsp3) is 1.00. The van der Waals surface area contributed by atoms with E-state index >= 15 is 0 Å². The van der Waals surface area contributed by atoms with Crippen molar-refractivity contribution >= 4 is 0 Å². The van der Waals surface area contributed by atoms with E-state index in [1.165, 1.54) is 0 Å². The Hall–Kier alpha value is -0.0800. The first-order valence-electron chi connectivity index (χ1n) is 2.65. The zero-order chi connectivity index (χ0) is 4.85. The molecule has 0 spiro atoms. The number of ether oxygens (including phenoxy) is 1. The molecule has 2 nitrogen and oxygen atoms in total. The van der Waals surface area contributed by atoms with Crippen molar-refractivity contribution in [2.75, 3.05) is 13.2 Å². The molecule has 2 heteroatoms. The fourth-order valence-corrected chi connectivity index (χ4v) is 1.21. The first kappa shape index (κ1) is 3.87. The molecule has 2 fully saturated rings. The fourth-order valence-electron chi connectivity index (χ4n) is 1.21. The number of hydrogen-bond acceptors (Lipinski definition) is 2. The van der Waals surface area contributed by atoms with Gasteiger partial charge in [-0.05, 0) is 0 Å². The Morgan fingerprint density at radius 1 is 1.29 bits per heavy atom. The minimum absolute atomic E-state index is 0.00579. The van der Waals surface area contributed by atoms with Gasteiger partial charge in [0.15, 0.2) is 0 Å². The Morgan fingerprint density at radius 3 is 2.14 bits per heavy atom. The van der Waals surface area contributed by atoms with E-state index in [0.717, 1.165) is 13.2 Å². The van der Waals surface area contributed by atoms with Crippen LogP contribution in [0.4, 0.5) is 0 Å². The van der Waals surface area contributed by atoms with Crippen LogP contribution in [0.3, 0.4) is 0 Å². The number of hydrogen-bond donors (Lipinski definition) is 1. The average molecular weight is 100 g/mol. The summed E-state index contributed by atoms with van der Waals surface area (Å²) in [5.74, 6) is 1.03. The van der Waals surface area contributed by atoms with E-state index < -0.39 is 0 Å². The summed E-state index contributed by atoms with van der Waals surface area (Å²) < 4.78 is 5.02. The SMILES string of the molecule is OC1C2COCC12. The highest BCUT2D eigenvalue weighted by molar-refractivity contribution is 5.00. The predicted octanol–water partition coefficient (Wildman–Crippen LogP) is -0.377. The van der Waals surface area contributed by atoms with Gasteiger partial charge in [-0.1, -0.05) is 0 Å². The molecule has 2 atom stereocenters. The lowest BCUT2D eigenvalue weighted by Gasteiger charge is -1.93. The second-order valence-electron chi connectivity index (χ2n) is 2.36. The molecule has 1 N–H and O–H groups in total. The van der Waals surface area contributed by atoms with Gasteiger partial charge in [0.25, 0.3) is 0 Å². The summed E-state index contributed by atoms with van der Waals surface area (Å²) in [5.41, 5.74) is 0. The lowest BCUT2D eigenvalue weighted by atomic mass is 10.4. The molecule has 1 saturated heterocycles. The van der Waals surface area contributed by atoms with Gasteiger partial charge in [0, 0.05) is 11.8 Å². The predicted molar refractivity (Wildman–Crippen MR) is 23.8 cm³/mol. The van der Waals surface area contributed by atoms with Crippen LogP contribution in [-0.4, -0.2) is 24.4 Å². The molecule has 0 radical (unpaired) electrons. The normalized spacial score (nSPS) is 57.0. The topological polar surface area (TPSA) is 29.5 Å². The van der Waals surface area contributed by atoms with Gasteiger partial charge in [0.2, 0.25) is 0 Å². The van der Waals surface area contributed by atoms with Gasteiger partial charge in [0.05, 0.1) is 19.3 Å². The summed E-state index contributed by atoms with van der Waals surface area (Å²) in [5, 5.41) is 8.87. The smallest absolute Gasteiger partial charge is 0.0649 e. The van der Waals surface area contributed by atoms with Gasteiger partial charge in [-0.25, -0.2) is 0 Å². The molecule has 40 valence electrons. The summed E-state index contributed by atoms with van der Waals surface area (Å²) in [4.78, 5) is 0. The molecule has 1 aliphatic heterocycles. The third kappa shape index (κ3) is 0.359. The van der Waals surface area contributed by atoms with E-state index in [4.69, 9.17) is 9.84 Å². The van der Waals surface area contributed by atoms with Crippen molar-refractivity contribution in [3.05, 3.63) is 0 Å². The molecule has 1 heterocycles. The maximum atomic E-state index is 8.87. The zero-order valence-corrected chi connectivity index (χ0v) is 4.00. The second-order valence-corrected chi connectivity index (χ2v) is 2.36.